The normalized spacial score (nSPS) is 13.2. The molecule has 0 bridgehead atoms. The van der Waals surface area contributed by atoms with Gasteiger partial charge in [-0.2, -0.15) is 0 Å². The fraction of sp³-hybridized carbons (Fsp3) is 0.111. The van der Waals surface area contributed by atoms with Crippen molar-refractivity contribution in [2.24, 2.45) is 9.98 Å². The van der Waals surface area contributed by atoms with Gasteiger partial charge in [-0.3, -0.25) is 4.99 Å². The van der Waals surface area contributed by atoms with Crippen molar-refractivity contribution in [3.63, 3.8) is 0 Å². The van der Waals surface area contributed by atoms with E-state index < -0.39 is 0 Å². The number of thioether (sulfide) groups is 1. The first-order valence-corrected chi connectivity index (χ1v) is 11.5. The van der Waals surface area contributed by atoms with Crippen LogP contribution in [0.3, 0.4) is 0 Å². The molecule has 0 N–H and O–H groups in total. The first-order chi connectivity index (χ1) is 15.3. The van der Waals surface area contributed by atoms with Gasteiger partial charge in [-0.15, -0.1) is 11.8 Å². The highest BCUT2D eigenvalue weighted by atomic mass is 32.2. The number of ether oxygens (including phenoxy) is 1. The van der Waals surface area contributed by atoms with Gasteiger partial charge in [0.15, 0.2) is 0 Å². The molecule has 0 unspecified atom stereocenters. The topological polar surface area (TPSA) is 34.0 Å². The molecule has 0 radical (unpaired) electrons. The van der Waals surface area contributed by atoms with Crippen LogP contribution in [0, 0.1) is 0 Å². The Kier molecular flexibility index (Phi) is 5.55. The number of rotatable bonds is 4. The summed E-state index contributed by atoms with van der Waals surface area (Å²) in [5.74, 6) is 0.910. The third kappa shape index (κ3) is 4.25. The monoisotopic (exact) mass is 422 g/mol. The van der Waals surface area contributed by atoms with Gasteiger partial charge in [-0.1, -0.05) is 72.8 Å². The second kappa shape index (κ2) is 8.78. The summed E-state index contributed by atoms with van der Waals surface area (Å²) in [5, 5.41) is 3.40. The molecule has 0 atom stereocenters. The summed E-state index contributed by atoms with van der Waals surface area (Å²) >= 11 is 1.68. The van der Waals surface area contributed by atoms with Gasteiger partial charge >= 0.3 is 0 Å². The van der Waals surface area contributed by atoms with Crippen molar-refractivity contribution < 1.29 is 4.74 Å². The molecule has 0 saturated heterocycles. The summed E-state index contributed by atoms with van der Waals surface area (Å²) in [4.78, 5) is 9.71. The number of hydrogen-bond acceptors (Lipinski definition) is 4. The van der Waals surface area contributed by atoms with Crippen LogP contribution in [-0.2, 0) is 6.61 Å². The second-order valence-corrected chi connectivity index (χ2v) is 8.28. The van der Waals surface area contributed by atoms with Crippen molar-refractivity contribution in [1.29, 1.82) is 0 Å². The lowest BCUT2D eigenvalue weighted by Crippen LogP contribution is -2.06. The lowest BCUT2D eigenvalue weighted by atomic mass is 10.1. The van der Waals surface area contributed by atoms with E-state index in [1.165, 1.54) is 5.39 Å². The van der Waals surface area contributed by atoms with Gasteiger partial charge < -0.3 is 4.74 Å². The molecule has 1 aliphatic heterocycles. The number of nitrogens with zero attached hydrogens (tertiary/aromatic N) is 2. The fourth-order valence-electron chi connectivity index (χ4n) is 3.72. The largest absolute Gasteiger partial charge is 0.488 e. The molecule has 0 spiro atoms. The lowest BCUT2D eigenvalue weighted by molar-refractivity contribution is 0.310. The molecule has 5 rings (SSSR count). The van der Waals surface area contributed by atoms with E-state index in [1.54, 1.807) is 11.8 Å². The van der Waals surface area contributed by atoms with E-state index in [1.807, 2.05) is 48.5 Å². The van der Waals surface area contributed by atoms with Gasteiger partial charge in [0.25, 0.3) is 0 Å². The Morgan fingerprint density at radius 2 is 1.48 bits per heavy atom. The number of hydrogen-bond donors (Lipinski definition) is 0. The molecule has 31 heavy (non-hydrogen) atoms. The summed E-state index contributed by atoms with van der Waals surface area (Å²) in [6.45, 7) is 0.529. The molecule has 4 aromatic carbocycles. The first-order valence-electron chi connectivity index (χ1n) is 10.3. The fourth-order valence-corrected chi connectivity index (χ4v) is 4.19. The van der Waals surface area contributed by atoms with Gasteiger partial charge in [-0.05, 0) is 41.0 Å². The Hall–Kier alpha value is -3.37. The maximum atomic E-state index is 6.14. The van der Waals surface area contributed by atoms with Crippen LogP contribution in [-0.4, -0.2) is 17.0 Å². The lowest BCUT2D eigenvalue weighted by Gasteiger charge is -2.11. The van der Waals surface area contributed by atoms with Crippen molar-refractivity contribution in [2.45, 2.75) is 13.0 Å². The molecule has 1 aliphatic rings. The van der Waals surface area contributed by atoms with Crippen molar-refractivity contribution in [3.05, 3.63) is 102 Å². The van der Waals surface area contributed by atoms with Crippen molar-refractivity contribution in [2.75, 3.05) is 6.26 Å². The van der Waals surface area contributed by atoms with Gasteiger partial charge in [-0.25, -0.2) is 4.99 Å². The maximum absolute atomic E-state index is 6.14. The zero-order chi connectivity index (χ0) is 21.0. The highest BCUT2D eigenvalue weighted by molar-refractivity contribution is 8.13. The molecule has 0 aliphatic carbocycles. The Morgan fingerprint density at radius 3 is 2.29 bits per heavy atom. The number of para-hydroxylation sites is 2. The summed E-state index contributed by atoms with van der Waals surface area (Å²) in [7, 11) is 0. The zero-order valence-corrected chi connectivity index (χ0v) is 18.1. The van der Waals surface area contributed by atoms with Crippen LogP contribution in [0.1, 0.15) is 17.5 Å². The minimum atomic E-state index is 0.529. The van der Waals surface area contributed by atoms with Crippen molar-refractivity contribution in [1.82, 2.24) is 0 Å². The smallest absolute Gasteiger partial charge is 0.127 e. The Labute approximate surface area is 186 Å². The molecule has 4 aromatic rings. The molecule has 0 aromatic heterocycles. The Balaban J connectivity index is 1.36. The van der Waals surface area contributed by atoms with Gasteiger partial charge in [0, 0.05) is 11.8 Å². The van der Waals surface area contributed by atoms with Crippen LogP contribution in [0.25, 0.3) is 10.8 Å². The predicted octanol–water partition coefficient (Wildman–Crippen LogP) is 7.34. The van der Waals surface area contributed by atoms with Crippen LogP contribution in [0.5, 0.6) is 5.75 Å². The van der Waals surface area contributed by atoms with Crippen LogP contribution in [0.2, 0.25) is 0 Å². The molecule has 0 saturated carbocycles. The van der Waals surface area contributed by atoms with E-state index in [9.17, 15) is 0 Å². The quantitative estimate of drug-likeness (QED) is 0.345. The molecule has 4 heteroatoms. The first kappa shape index (κ1) is 19.6. The van der Waals surface area contributed by atoms with Gasteiger partial charge in [0.1, 0.15) is 12.4 Å². The van der Waals surface area contributed by atoms with Crippen LogP contribution in [0.4, 0.5) is 11.4 Å². The van der Waals surface area contributed by atoms with E-state index in [0.29, 0.717) is 6.61 Å². The predicted molar refractivity (Wildman–Crippen MR) is 133 cm³/mol. The van der Waals surface area contributed by atoms with E-state index in [-0.39, 0.29) is 0 Å². The summed E-state index contributed by atoms with van der Waals surface area (Å²) in [6, 6.07) is 31.0. The van der Waals surface area contributed by atoms with E-state index >= 15 is 0 Å². The van der Waals surface area contributed by atoms with E-state index in [4.69, 9.17) is 14.7 Å². The summed E-state index contributed by atoms with van der Waals surface area (Å²) < 4.78 is 6.14. The van der Waals surface area contributed by atoms with Gasteiger partial charge in [0.2, 0.25) is 0 Å². The highest BCUT2D eigenvalue weighted by Crippen LogP contribution is 2.33. The Morgan fingerprint density at radius 1 is 0.774 bits per heavy atom. The molecule has 1 heterocycles. The van der Waals surface area contributed by atoms with Crippen LogP contribution in [0.15, 0.2) is 101 Å². The molecule has 3 nitrogen and oxygen atoms in total. The Bertz CT molecular complexity index is 1290. The third-order valence-corrected chi connectivity index (χ3v) is 6.07. The second-order valence-electron chi connectivity index (χ2n) is 7.40. The summed E-state index contributed by atoms with van der Waals surface area (Å²) in [6.07, 6.45) is 2.81. The molecular formula is C27H22N2OS. The van der Waals surface area contributed by atoms with Crippen molar-refractivity contribution in [3.8, 4) is 5.75 Å². The maximum Gasteiger partial charge on any atom is 0.127 e. The van der Waals surface area contributed by atoms with E-state index in [0.717, 1.165) is 50.8 Å². The van der Waals surface area contributed by atoms with E-state index in [2.05, 4.69) is 48.7 Å². The third-order valence-electron chi connectivity index (χ3n) is 5.37. The minimum Gasteiger partial charge on any atom is -0.488 e. The number of fused-ring (bicyclic) bond motifs is 2. The summed E-state index contributed by atoms with van der Waals surface area (Å²) in [5.41, 5.74) is 5.14. The molecule has 152 valence electrons. The molecule has 0 fully saturated rings. The minimum absolute atomic E-state index is 0.529. The van der Waals surface area contributed by atoms with Crippen LogP contribution >= 0.6 is 11.8 Å². The highest BCUT2D eigenvalue weighted by Gasteiger charge is 2.14. The SMILES string of the molecule is CSC1=Nc2ccccc2N=C(c2ccc(COc3cccc4ccccc34)cc2)C1. The van der Waals surface area contributed by atoms with Crippen LogP contribution < -0.4 is 4.74 Å². The molecular weight excluding hydrogens is 400 g/mol. The average molecular weight is 423 g/mol. The standard InChI is InChI=1S/C27H22N2OS/c1-31-27-17-25(28-23-10-4-5-11-24(23)29-27)21-15-13-19(14-16-21)18-30-26-12-6-8-20-7-2-3-9-22(20)26/h2-16H,17-18H2,1H3. The number of aliphatic imine (C=N–C) groups is 2. The van der Waals surface area contributed by atoms with Gasteiger partial charge in [0.05, 0.1) is 22.1 Å². The average Bonchev–Trinajstić information content (AvgIpc) is 3.02. The molecule has 0 amide bonds. The zero-order valence-electron chi connectivity index (χ0n) is 17.3. The van der Waals surface area contributed by atoms with Crippen molar-refractivity contribution >= 4 is 44.7 Å². The number of benzene rings is 4.